The standard InChI is InChI=1S/C7H5F9O/c1-3(9,10)6(14)4(11,2-8)5(12,13)7(15,16)17-6/h2H2,1H3. The van der Waals surface area contributed by atoms with Crippen molar-refractivity contribution < 1.29 is 44.3 Å². The first kappa shape index (κ1) is 14.4. The highest BCUT2D eigenvalue weighted by molar-refractivity contribution is 5.17. The third-order valence-corrected chi connectivity index (χ3v) is 2.39. The molecular formula is C7H5F9O. The van der Waals surface area contributed by atoms with E-state index in [-0.39, 0.29) is 0 Å². The molecule has 1 nitrogen and oxygen atoms in total. The Morgan fingerprint density at radius 2 is 1.41 bits per heavy atom. The number of alkyl halides is 9. The Kier molecular flexibility index (Phi) is 2.71. The van der Waals surface area contributed by atoms with Crippen LogP contribution in [0.15, 0.2) is 0 Å². The molecule has 0 spiro atoms. The maximum absolute atomic E-state index is 13.3. The fourth-order valence-corrected chi connectivity index (χ4v) is 1.36. The fourth-order valence-electron chi connectivity index (χ4n) is 1.36. The van der Waals surface area contributed by atoms with E-state index in [1.807, 2.05) is 0 Å². The molecule has 0 N–H and O–H groups in total. The summed E-state index contributed by atoms with van der Waals surface area (Å²) in [5.41, 5.74) is -5.48. The van der Waals surface area contributed by atoms with E-state index in [1.165, 1.54) is 0 Å². The molecule has 2 unspecified atom stereocenters. The number of hydrogen-bond acceptors (Lipinski definition) is 1. The van der Waals surface area contributed by atoms with E-state index >= 15 is 0 Å². The highest BCUT2D eigenvalue weighted by Crippen LogP contribution is 2.63. The van der Waals surface area contributed by atoms with Crippen molar-refractivity contribution in [2.45, 2.75) is 36.4 Å². The maximum atomic E-state index is 13.3. The van der Waals surface area contributed by atoms with E-state index < -0.39 is 43.1 Å². The lowest BCUT2D eigenvalue weighted by Gasteiger charge is -2.34. The third kappa shape index (κ3) is 1.39. The highest BCUT2D eigenvalue weighted by atomic mass is 19.3. The summed E-state index contributed by atoms with van der Waals surface area (Å²) >= 11 is 0. The smallest absolute Gasteiger partial charge is 0.269 e. The van der Waals surface area contributed by atoms with Crippen LogP contribution in [-0.4, -0.2) is 36.2 Å². The number of hydrogen-bond donors (Lipinski definition) is 0. The molecular weight excluding hydrogens is 271 g/mol. The van der Waals surface area contributed by atoms with Crippen molar-refractivity contribution in [2.24, 2.45) is 0 Å². The summed E-state index contributed by atoms with van der Waals surface area (Å²) in [6, 6.07) is 0. The van der Waals surface area contributed by atoms with Crippen LogP contribution in [0.25, 0.3) is 0 Å². The molecule has 17 heavy (non-hydrogen) atoms. The van der Waals surface area contributed by atoms with Gasteiger partial charge >= 0.3 is 23.8 Å². The van der Waals surface area contributed by atoms with E-state index in [4.69, 9.17) is 0 Å². The van der Waals surface area contributed by atoms with Crippen molar-refractivity contribution in [3.8, 4) is 0 Å². The molecule has 2 atom stereocenters. The zero-order valence-electron chi connectivity index (χ0n) is 8.02. The lowest BCUT2D eigenvalue weighted by molar-refractivity contribution is -0.368. The Bertz CT molecular complexity index is 322. The Hall–Kier alpha value is -0.670. The molecule has 0 aromatic rings. The van der Waals surface area contributed by atoms with E-state index in [0.717, 1.165) is 0 Å². The topological polar surface area (TPSA) is 9.23 Å². The van der Waals surface area contributed by atoms with Crippen LogP contribution in [0.3, 0.4) is 0 Å². The second-order valence-electron chi connectivity index (χ2n) is 3.61. The lowest BCUT2D eigenvalue weighted by Crippen LogP contribution is -2.63. The minimum Gasteiger partial charge on any atom is -0.269 e. The van der Waals surface area contributed by atoms with Gasteiger partial charge < -0.3 is 0 Å². The number of rotatable bonds is 2. The Morgan fingerprint density at radius 3 is 1.65 bits per heavy atom. The zero-order chi connectivity index (χ0) is 13.9. The van der Waals surface area contributed by atoms with Crippen LogP contribution < -0.4 is 0 Å². The molecule has 10 heteroatoms. The van der Waals surface area contributed by atoms with Crippen LogP contribution in [0, 0.1) is 0 Å². The molecule has 1 rings (SSSR count). The van der Waals surface area contributed by atoms with Crippen LogP contribution in [0.2, 0.25) is 0 Å². The molecule has 0 radical (unpaired) electrons. The predicted octanol–water partition coefficient (Wildman–Crippen LogP) is 3.24. The molecule has 102 valence electrons. The largest absolute Gasteiger partial charge is 0.426 e. The van der Waals surface area contributed by atoms with E-state index in [1.54, 1.807) is 0 Å². The molecule has 0 aromatic carbocycles. The van der Waals surface area contributed by atoms with Crippen molar-refractivity contribution in [3.63, 3.8) is 0 Å². The summed E-state index contributed by atoms with van der Waals surface area (Å²) < 4.78 is 117. The van der Waals surface area contributed by atoms with Gasteiger partial charge in [-0.2, -0.15) is 17.6 Å². The highest BCUT2D eigenvalue weighted by Gasteiger charge is 2.92. The SMILES string of the molecule is CC(F)(F)C1(F)OC(F)(F)C(F)(F)C1(F)CF. The quantitative estimate of drug-likeness (QED) is 0.703. The van der Waals surface area contributed by atoms with Gasteiger partial charge in [0.1, 0.15) is 6.67 Å². The predicted molar refractivity (Wildman–Crippen MR) is 35.3 cm³/mol. The van der Waals surface area contributed by atoms with Crippen molar-refractivity contribution in [1.82, 2.24) is 0 Å². The second-order valence-corrected chi connectivity index (χ2v) is 3.61. The molecule has 0 aliphatic carbocycles. The van der Waals surface area contributed by atoms with Gasteiger partial charge in [0, 0.05) is 6.92 Å². The van der Waals surface area contributed by atoms with E-state index in [2.05, 4.69) is 4.74 Å². The minimum atomic E-state index is -6.07. The van der Waals surface area contributed by atoms with Crippen molar-refractivity contribution in [2.75, 3.05) is 6.67 Å². The first-order valence-electron chi connectivity index (χ1n) is 4.04. The van der Waals surface area contributed by atoms with Gasteiger partial charge in [-0.1, -0.05) is 0 Å². The third-order valence-electron chi connectivity index (χ3n) is 2.39. The number of halogens is 9. The fraction of sp³-hybridized carbons (Fsp3) is 1.00. The molecule has 0 aromatic heterocycles. The van der Waals surface area contributed by atoms with Crippen LogP contribution >= 0.6 is 0 Å². The molecule has 1 aliphatic rings. The molecule has 1 saturated heterocycles. The monoisotopic (exact) mass is 276 g/mol. The van der Waals surface area contributed by atoms with Gasteiger partial charge in [-0.15, -0.1) is 0 Å². The Labute approximate surface area is 88.5 Å². The van der Waals surface area contributed by atoms with Gasteiger partial charge in [-0.05, 0) is 0 Å². The van der Waals surface area contributed by atoms with E-state index in [9.17, 15) is 39.5 Å². The lowest BCUT2D eigenvalue weighted by atomic mass is 9.89. The average Bonchev–Trinajstić information content (AvgIpc) is 2.22. The Balaban J connectivity index is 3.48. The van der Waals surface area contributed by atoms with Gasteiger partial charge in [-0.25, -0.2) is 22.0 Å². The van der Waals surface area contributed by atoms with Gasteiger partial charge in [0.25, 0.3) is 5.67 Å². The van der Waals surface area contributed by atoms with Crippen LogP contribution in [0.4, 0.5) is 39.5 Å². The van der Waals surface area contributed by atoms with Gasteiger partial charge in [0.05, 0.1) is 0 Å². The average molecular weight is 276 g/mol. The van der Waals surface area contributed by atoms with E-state index in [0.29, 0.717) is 0 Å². The first-order chi connectivity index (χ1) is 7.27. The zero-order valence-corrected chi connectivity index (χ0v) is 8.02. The Morgan fingerprint density at radius 1 is 1.00 bits per heavy atom. The van der Waals surface area contributed by atoms with Gasteiger partial charge in [-0.3, -0.25) is 4.74 Å². The summed E-state index contributed by atoms with van der Waals surface area (Å²) in [4.78, 5) is 0. The molecule has 1 heterocycles. The molecule has 1 aliphatic heterocycles. The molecule has 0 amide bonds. The van der Waals surface area contributed by atoms with Gasteiger partial charge in [0.2, 0.25) is 0 Å². The van der Waals surface area contributed by atoms with Crippen LogP contribution in [-0.2, 0) is 4.74 Å². The van der Waals surface area contributed by atoms with Crippen molar-refractivity contribution in [1.29, 1.82) is 0 Å². The van der Waals surface area contributed by atoms with Crippen LogP contribution in [0.1, 0.15) is 6.92 Å². The van der Waals surface area contributed by atoms with Crippen LogP contribution in [0.5, 0.6) is 0 Å². The number of ether oxygens (including phenoxy) is 1. The maximum Gasteiger partial charge on any atom is 0.426 e. The molecule has 0 saturated carbocycles. The molecule has 1 fully saturated rings. The second kappa shape index (κ2) is 3.21. The first-order valence-corrected chi connectivity index (χ1v) is 4.04. The van der Waals surface area contributed by atoms with Crippen molar-refractivity contribution in [3.05, 3.63) is 0 Å². The van der Waals surface area contributed by atoms with Gasteiger partial charge in [0.15, 0.2) is 0 Å². The summed E-state index contributed by atoms with van der Waals surface area (Å²) in [6.45, 7) is -3.58. The minimum absolute atomic E-state index is 0.478. The summed E-state index contributed by atoms with van der Waals surface area (Å²) in [5.74, 6) is -16.6. The van der Waals surface area contributed by atoms with Crippen molar-refractivity contribution >= 4 is 0 Å². The normalized spacial score (nSPS) is 40.6. The summed E-state index contributed by atoms with van der Waals surface area (Å²) in [7, 11) is 0. The summed E-state index contributed by atoms with van der Waals surface area (Å²) in [5, 5.41) is 0. The molecule has 0 bridgehead atoms. The summed E-state index contributed by atoms with van der Waals surface area (Å²) in [6.07, 6.45) is -5.89.